The molecular formula is C9H8N2O4. The molecule has 0 aliphatic heterocycles. The number of nitrogens with one attached hydrogen (secondary N) is 1. The van der Waals surface area contributed by atoms with E-state index < -0.39 is 12.1 Å². The maximum atomic E-state index is 10.6. The van der Waals surface area contributed by atoms with E-state index in [-0.39, 0.29) is 16.8 Å². The summed E-state index contributed by atoms with van der Waals surface area (Å²) in [7, 11) is 0. The van der Waals surface area contributed by atoms with Gasteiger partial charge in [-0.05, 0) is 12.1 Å². The van der Waals surface area contributed by atoms with Gasteiger partial charge in [0.1, 0.15) is 11.3 Å². The Balaban J connectivity index is 2.67. The van der Waals surface area contributed by atoms with Gasteiger partial charge in [-0.1, -0.05) is 0 Å². The van der Waals surface area contributed by atoms with E-state index in [0.717, 1.165) is 0 Å². The van der Waals surface area contributed by atoms with E-state index >= 15 is 0 Å². The van der Waals surface area contributed by atoms with Crippen LogP contribution in [-0.2, 0) is 4.79 Å². The number of hydrogen-bond acceptors (Lipinski definition) is 4. The summed E-state index contributed by atoms with van der Waals surface area (Å²) in [6.07, 6.45) is -0.320. The number of carboxylic acids is 1. The van der Waals surface area contributed by atoms with Crippen molar-refractivity contribution in [3.8, 4) is 5.75 Å². The highest BCUT2D eigenvalue weighted by molar-refractivity contribution is 5.88. The zero-order valence-electron chi connectivity index (χ0n) is 7.51. The van der Waals surface area contributed by atoms with Crippen molar-refractivity contribution < 1.29 is 20.1 Å². The molecule has 0 saturated carbocycles. The van der Waals surface area contributed by atoms with Crippen LogP contribution in [0.1, 0.15) is 11.7 Å². The second-order valence-corrected chi connectivity index (χ2v) is 3.04. The summed E-state index contributed by atoms with van der Waals surface area (Å²) in [5, 5.41) is 27.4. The monoisotopic (exact) mass is 208 g/mol. The van der Waals surface area contributed by atoms with Crippen molar-refractivity contribution in [2.45, 2.75) is 6.10 Å². The number of phenolic OH excluding ortho intramolecular Hbond substituents is 1. The Kier molecular flexibility index (Phi) is 2.05. The topological polar surface area (TPSA) is 106 Å². The van der Waals surface area contributed by atoms with Crippen LogP contribution in [-0.4, -0.2) is 31.3 Å². The molecule has 0 bridgehead atoms. The standard InChI is InChI=1S/C9H8N2O4/c12-5-2-1-4(8(13)9(14)15)6-7(5)11-3-10-6/h1-3,8,12-13H,(H,10,11)(H,14,15). The van der Waals surface area contributed by atoms with Crippen LogP contribution < -0.4 is 0 Å². The average Bonchev–Trinajstić information content (AvgIpc) is 2.66. The van der Waals surface area contributed by atoms with Crippen LogP contribution in [0.3, 0.4) is 0 Å². The van der Waals surface area contributed by atoms with Gasteiger partial charge in [-0.3, -0.25) is 0 Å². The highest BCUT2D eigenvalue weighted by atomic mass is 16.4. The summed E-state index contributed by atoms with van der Waals surface area (Å²) in [5.74, 6) is -1.39. The fraction of sp³-hybridized carbons (Fsp3) is 0.111. The number of hydrogen-bond donors (Lipinski definition) is 4. The smallest absolute Gasteiger partial charge is 0.337 e. The van der Waals surface area contributed by atoms with Crippen LogP contribution in [0.25, 0.3) is 11.0 Å². The molecule has 2 rings (SSSR count). The molecular weight excluding hydrogens is 200 g/mol. The molecule has 0 radical (unpaired) electrons. The van der Waals surface area contributed by atoms with Gasteiger partial charge in [-0.2, -0.15) is 0 Å². The Bertz CT molecular complexity index is 520. The van der Waals surface area contributed by atoms with Crippen molar-refractivity contribution in [2.24, 2.45) is 0 Å². The van der Waals surface area contributed by atoms with Gasteiger partial charge < -0.3 is 20.3 Å². The molecule has 78 valence electrons. The van der Waals surface area contributed by atoms with Crippen LogP contribution >= 0.6 is 0 Å². The first-order chi connectivity index (χ1) is 7.11. The average molecular weight is 208 g/mol. The van der Waals surface area contributed by atoms with Gasteiger partial charge in [0.05, 0.1) is 11.8 Å². The molecule has 1 atom stereocenters. The Morgan fingerprint density at radius 1 is 1.47 bits per heavy atom. The van der Waals surface area contributed by atoms with Crippen molar-refractivity contribution in [3.05, 3.63) is 24.0 Å². The van der Waals surface area contributed by atoms with Gasteiger partial charge in [0, 0.05) is 5.56 Å². The fourth-order valence-electron chi connectivity index (χ4n) is 1.39. The third-order valence-electron chi connectivity index (χ3n) is 2.12. The molecule has 0 fully saturated rings. The minimum Gasteiger partial charge on any atom is -0.506 e. The normalized spacial score (nSPS) is 12.9. The Morgan fingerprint density at radius 2 is 2.20 bits per heavy atom. The van der Waals surface area contributed by atoms with Crippen LogP contribution in [0, 0.1) is 0 Å². The Morgan fingerprint density at radius 3 is 2.87 bits per heavy atom. The van der Waals surface area contributed by atoms with E-state index in [0.29, 0.717) is 5.52 Å². The minimum absolute atomic E-state index is 0.0381. The zero-order valence-corrected chi connectivity index (χ0v) is 7.51. The maximum Gasteiger partial charge on any atom is 0.337 e. The maximum absolute atomic E-state index is 10.6. The number of phenols is 1. The lowest BCUT2D eigenvalue weighted by atomic mass is 10.1. The first kappa shape index (κ1) is 9.47. The molecule has 0 saturated heterocycles. The number of benzene rings is 1. The van der Waals surface area contributed by atoms with Crippen LogP contribution in [0.5, 0.6) is 5.75 Å². The number of aromatic nitrogens is 2. The van der Waals surface area contributed by atoms with E-state index in [1.165, 1.54) is 18.5 Å². The van der Waals surface area contributed by atoms with Crippen LogP contribution in [0.4, 0.5) is 0 Å². The number of aromatic amines is 1. The van der Waals surface area contributed by atoms with Gasteiger partial charge in [-0.15, -0.1) is 0 Å². The first-order valence-corrected chi connectivity index (χ1v) is 4.17. The molecule has 4 N–H and O–H groups in total. The lowest BCUT2D eigenvalue weighted by Crippen LogP contribution is -2.10. The van der Waals surface area contributed by atoms with Gasteiger partial charge in [0.25, 0.3) is 0 Å². The Hall–Kier alpha value is -2.08. The van der Waals surface area contributed by atoms with E-state index in [1.54, 1.807) is 0 Å². The largest absolute Gasteiger partial charge is 0.506 e. The first-order valence-electron chi connectivity index (χ1n) is 4.17. The van der Waals surface area contributed by atoms with E-state index in [9.17, 15) is 15.0 Å². The number of carbonyl (C=O) groups is 1. The molecule has 1 aromatic carbocycles. The number of aromatic hydroxyl groups is 1. The third kappa shape index (κ3) is 1.40. The number of aliphatic hydroxyl groups excluding tert-OH is 1. The summed E-state index contributed by atoms with van der Waals surface area (Å²) in [5.41, 5.74) is 0.717. The number of carboxylic acid groups (broad SMARTS) is 1. The molecule has 0 aliphatic rings. The number of imidazole rings is 1. The molecule has 0 amide bonds. The number of H-pyrrole nitrogens is 1. The molecule has 1 heterocycles. The SMILES string of the molecule is O=C(O)C(O)c1ccc(O)c2[nH]cnc12. The molecule has 1 aromatic heterocycles. The highest BCUT2D eigenvalue weighted by Crippen LogP contribution is 2.28. The molecule has 6 heteroatoms. The number of aliphatic hydroxyl groups is 1. The summed E-state index contributed by atoms with van der Waals surface area (Å²) in [6, 6.07) is 2.64. The molecule has 0 aliphatic carbocycles. The fourth-order valence-corrected chi connectivity index (χ4v) is 1.39. The van der Waals surface area contributed by atoms with Crippen molar-refractivity contribution in [1.82, 2.24) is 9.97 Å². The molecule has 0 spiro atoms. The number of aliphatic carboxylic acids is 1. The number of nitrogens with zero attached hydrogens (tertiary/aromatic N) is 1. The van der Waals surface area contributed by atoms with Gasteiger partial charge in [-0.25, -0.2) is 9.78 Å². The second-order valence-electron chi connectivity index (χ2n) is 3.04. The van der Waals surface area contributed by atoms with Crippen LogP contribution in [0.2, 0.25) is 0 Å². The lowest BCUT2D eigenvalue weighted by molar-refractivity contribution is -0.146. The van der Waals surface area contributed by atoms with E-state index in [4.69, 9.17) is 5.11 Å². The van der Waals surface area contributed by atoms with Crippen molar-refractivity contribution >= 4 is 17.0 Å². The molecule has 6 nitrogen and oxygen atoms in total. The van der Waals surface area contributed by atoms with Gasteiger partial charge in [0.2, 0.25) is 0 Å². The summed E-state index contributed by atoms with van der Waals surface area (Å²) in [6.45, 7) is 0. The predicted molar refractivity (Wildman–Crippen MR) is 50.4 cm³/mol. The predicted octanol–water partition coefficient (Wildman–Crippen LogP) is 0.386. The number of rotatable bonds is 2. The Labute approximate surface area is 83.8 Å². The second kappa shape index (κ2) is 3.25. The van der Waals surface area contributed by atoms with Crippen molar-refractivity contribution in [2.75, 3.05) is 0 Å². The summed E-state index contributed by atoms with van der Waals surface area (Å²) in [4.78, 5) is 17.1. The van der Waals surface area contributed by atoms with Gasteiger partial charge >= 0.3 is 5.97 Å². The van der Waals surface area contributed by atoms with Crippen molar-refractivity contribution in [1.29, 1.82) is 0 Å². The van der Waals surface area contributed by atoms with Gasteiger partial charge in [0.15, 0.2) is 6.10 Å². The van der Waals surface area contributed by atoms with E-state index in [1.807, 2.05) is 0 Å². The highest BCUT2D eigenvalue weighted by Gasteiger charge is 2.20. The zero-order chi connectivity index (χ0) is 11.0. The molecule has 2 aromatic rings. The molecule has 1 unspecified atom stereocenters. The van der Waals surface area contributed by atoms with Crippen LogP contribution in [0.15, 0.2) is 18.5 Å². The summed E-state index contributed by atoms with van der Waals surface area (Å²) < 4.78 is 0. The molecule has 15 heavy (non-hydrogen) atoms. The quantitative estimate of drug-likeness (QED) is 0.571. The minimum atomic E-state index is -1.64. The van der Waals surface area contributed by atoms with Crippen molar-refractivity contribution in [3.63, 3.8) is 0 Å². The lowest BCUT2D eigenvalue weighted by Gasteiger charge is -2.06. The number of fused-ring (bicyclic) bond motifs is 1. The summed E-state index contributed by atoms with van der Waals surface area (Å²) >= 11 is 0. The third-order valence-corrected chi connectivity index (χ3v) is 2.12. The van der Waals surface area contributed by atoms with E-state index in [2.05, 4.69) is 9.97 Å².